The van der Waals surface area contributed by atoms with E-state index in [4.69, 9.17) is 4.42 Å². The van der Waals surface area contributed by atoms with E-state index in [9.17, 15) is 0 Å². The summed E-state index contributed by atoms with van der Waals surface area (Å²) in [6.07, 6.45) is 8.73. The molecule has 2 aromatic rings. The van der Waals surface area contributed by atoms with E-state index < -0.39 is 0 Å². The number of hydrogen-bond acceptors (Lipinski definition) is 5. The van der Waals surface area contributed by atoms with Crippen LogP contribution in [0.4, 0.5) is 0 Å². The van der Waals surface area contributed by atoms with Gasteiger partial charge in [-0.25, -0.2) is 4.98 Å². The summed E-state index contributed by atoms with van der Waals surface area (Å²) in [4.78, 5) is 6.67. The molecule has 0 N–H and O–H groups in total. The van der Waals surface area contributed by atoms with Crippen LogP contribution in [-0.2, 0) is 7.05 Å². The fourth-order valence-electron chi connectivity index (χ4n) is 3.14. The summed E-state index contributed by atoms with van der Waals surface area (Å²) in [7, 11) is 1.93. The SMILES string of the molecule is Cn1cncc1-c1nnc([C@H]2CCN(C3CCC3)C2)o1. The third-order valence-corrected chi connectivity index (χ3v) is 4.64. The van der Waals surface area contributed by atoms with Gasteiger partial charge in [-0.2, -0.15) is 0 Å². The second-order valence-electron chi connectivity index (χ2n) is 5.90. The molecule has 4 rings (SSSR count). The summed E-state index contributed by atoms with van der Waals surface area (Å²) < 4.78 is 7.76. The zero-order valence-corrected chi connectivity index (χ0v) is 11.7. The minimum Gasteiger partial charge on any atom is -0.419 e. The molecule has 20 heavy (non-hydrogen) atoms. The second-order valence-corrected chi connectivity index (χ2v) is 5.90. The molecule has 106 valence electrons. The largest absolute Gasteiger partial charge is 0.419 e. The Bertz CT molecular complexity index is 600. The Hall–Kier alpha value is -1.69. The van der Waals surface area contributed by atoms with Crippen LogP contribution < -0.4 is 0 Å². The highest BCUT2D eigenvalue weighted by Gasteiger charge is 2.34. The van der Waals surface area contributed by atoms with Crippen LogP contribution in [0.1, 0.15) is 37.5 Å². The van der Waals surface area contributed by atoms with Gasteiger partial charge in [-0.1, -0.05) is 6.42 Å². The van der Waals surface area contributed by atoms with E-state index in [1.165, 1.54) is 25.8 Å². The Balaban J connectivity index is 1.50. The molecule has 6 nitrogen and oxygen atoms in total. The lowest BCUT2D eigenvalue weighted by atomic mass is 9.92. The monoisotopic (exact) mass is 273 g/mol. The van der Waals surface area contributed by atoms with Gasteiger partial charge in [0.15, 0.2) is 0 Å². The molecule has 2 aromatic heterocycles. The quantitative estimate of drug-likeness (QED) is 0.853. The summed E-state index contributed by atoms with van der Waals surface area (Å²) in [5.74, 6) is 1.75. The fraction of sp³-hybridized carbons (Fsp3) is 0.643. The van der Waals surface area contributed by atoms with Crippen molar-refractivity contribution in [2.24, 2.45) is 7.05 Å². The van der Waals surface area contributed by atoms with Crippen molar-refractivity contribution in [3.8, 4) is 11.6 Å². The molecule has 2 fully saturated rings. The summed E-state index contributed by atoms with van der Waals surface area (Å²) in [6, 6.07) is 0.805. The summed E-state index contributed by atoms with van der Waals surface area (Å²) in [5, 5.41) is 8.42. The first-order chi connectivity index (χ1) is 9.81. The van der Waals surface area contributed by atoms with Crippen molar-refractivity contribution in [3.63, 3.8) is 0 Å². The highest BCUT2D eigenvalue weighted by Crippen LogP contribution is 2.34. The molecule has 0 spiro atoms. The number of aryl methyl sites for hydroxylation is 1. The molecule has 1 aliphatic carbocycles. The lowest BCUT2D eigenvalue weighted by molar-refractivity contribution is 0.156. The summed E-state index contributed by atoms with van der Waals surface area (Å²) in [5.41, 5.74) is 0.873. The number of nitrogens with zero attached hydrogens (tertiary/aromatic N) is 5. The van der Waals surface area contributed by atoms with Crippen LogP contribution >= 0.6 is 0 Å². The minimum absolute atomic E-state index is 0.394. The molecular formula is C14H19N5O. The summed E-state index contributed by atoms with van der Waals surface area (Å²) >= 11 is 0. The first kappa shape index (κ1) is 12.1. The van der Waals surface area contributed by atoms with Crippen molar-refractivity contribution in [2.75, 3.05) is 13.1 Å². The van der Waals surface area contributed by atoms with E-state index in [1.807, 2.05) is 11.6 Å². The Morgan fingerprint density at radius 3 is 2.85 bits per heavy atom. The highest BCUT2D eigenvalue weighted by molar-refractivity contribution is 5.44. The standard InChI is InChI=1S/C14H19N5O/c1-18-9-15-7-12(18)14-17-16-13(20-14)10-5-6-19(8-10)11-3-2-4-11/h7,9-11H,2-6,8H2,1H3/t10-/m0/s1. The van der Waals surface area contributed by atoms with Gasteiger partial charge < -0.3 is 8.98 Å². The molecule has 0 amide bonds. The van der Waals surface area contributed by atoms with E-state index in [-0.39, 0.29) is 0 Å². The lowest BCUT2D eigenvalue weighted by Crippen LogP contribution is -2.38. The van der Waals surface area contributed by atoms with Gasteiger partial charge in [-0.3, -0.25) is 4.90 Å². The Kier molecular flexibility index (Phi) is 2.84. The first-order valence-electron chi connectivity index (χ1n) is 7.35. The topological polar surface area (TPSA) is 60.0 Å². The molecule has 0 radical (unpaired) electrons. The van der Waals surface area contributed by atoms with Gasteiger partial charge in [0, 0.05) is 19.6 Å². The molecular weight excluding hydrogens is 254 g/mol. The molecule has 3 heterocycles. The van der Waals surface area contributed by atoms with Crippen LogP contribution in [0.5, 0.6) is 0 Å². The van der Waals surface area contributed by atoms with E-state index >= 15 is 0 Å². The van der Waals surface area contributed by atoms with Crippen LogP contribution in [0.3, 0.4) is 0 Å². The van der Waals surface area contributed by atoms with Crippen molar-refractivity contribution in [1.29, 1.82) is 0 Å². The molecule has 1 saturated heterocycles. The minimum atomic E-state index is 0.394. The maximum Gasteiger partial charge on any atom is 0.265 e. The average molecular weight is 273 g/mol. The molecule has 0 unspecified atom stereocenters. The van der Waals surface area contributed by atoms with Gasteiger partial charge in [0.25, 0.3) is 5.89 Å². The fourth-order valence-corrected chi connectivity index (χ4v) is 3.14. The van der Waals surface area contributed by atoms with E-state index in [2.05, 4.69) is 20.1 Å². The highest BCUT2D eigenvalue weighted by atomic mass is 16.4. The molecule has 0 aromatic carbocycles. The van der Waals surface area contributed by atoms with Crippen molar-refractivity contribution in [3.05, 3.63) is 18.4 Å². The van der Waals surface area contributed by atoms with E-state index in [0.29, 0.717) is 11.8 Å². The first-order valence-corrected chi connectivity index (χ1v) is 7.35. The van der Waals surface area contributed by atoms with Crippen molar-refractivity contribution >= 4 is 0 Å². The number of imidazole rings is 1. The molecule has 1 aliphatic heterocycles. The third kappa shape index (κ3) is 1.95. The molecule has 6 heteroatoms. The van der Waals surface area contributed by atoms with Gasteiger partial charge in [-0.05, 0) is 25.8 Å². The van der Waals surface area contributed by atoms with Gasteiger partial charge in [0.1, 0.15) is 5.69 Å². The van der Waals surface area contributed by atoms with Crippen molar-refractivity contribution < 1.29 is 4.42 Å². The van der Waals surface area contributed by atoms with Crippen LogP contribution in [0, 0.1) is 0 Å². The van der Waals surface area contributed by atoms with Gasteiger partial charge in [0.2, 0.25) is 5.89 Å². The third-order valence-electron chi connectivity index (χ3n) is 4.64. The zero-order chi connectivity index (χ0) is 13.5. The predicted molar refractivity (Wildman–Crippen MR) is 73.1 cm³/mol. The maximum absolute atomic E-state index is 5.86. The van der Waals surface area contributed by atoms with Crippen LogP contribution in [0.15, 0.2) is 16.9 Å². The Morgan fingerprint density at radius 2 is 2.15 bits per heavy atom. The normalized spacial score (nSPS) is 24.1. The smallest absolute Gasteiger partial charge is 0.265 e. The van der Waals surface area contributed by atoms with Crippen LogP contribution in [0.2, 0.25) is 0 Å². The Labute approximate surface area is 117 Å². The second kappa shape index (κ2) is 4.70. The number of hydrogen-bond donors (Lipinski definition) is 0. The number of likely N-dealkylation sites (tertiary alicyclic amines) is 1. The molecule has 1 saturated carbocycles. The zero-order valence-electron chi connectivity index (χ0n) is 11.7. The van der Waals surface area contributed by atoms with E-state index in [0.717, 1.165) is 30.6 Å². The number of rotatable bonds is 3. The summed E-state index contributed by atoms with van der Waals surface area (Å²) in [6.45, 7) is 2.23. The molecule has 2 aliphatic rings. The van der Waals surface area contributed by atoms with Crippen molar-refractivity contribution in [1.82, 2.24) is 24.6 Å². The van der Waals surface area contributed by atoms with Gasteiger partial charge in [-0.15, -0.1) is 10.2 Å². The molecule has 0 bridgehead atoms. The number of aromatic nitrogens is 4. The van der Waals surface area contributed by atoms with Crippen LogP contribution in [-0.4, -0.2) is 43.8 Å². The van der Waals surface area contributed by atoms with E-state index in [1.54, 1.807) is 12.5 Å². The average Bonchev–Trinajstić information content (AvgIpc) is 3.04. The lowest BCUT2D eigenvalue weighted by Gasteiger charge is -2.34. The van der Waals surface area contributed by atoms with Gasteiger partial charge >= 0.3 is 0 Å². The van der Waals surface area contributed by atoms with Crippen LogP contribution in [0.25, 0.3) is 11.6 Å². The maximum atomic E-state index is 5.86. The predicted octanol–water partition coefficient (Wildman–Crippen LogP) is 1.81. The van der Waals surface area contributed by atoms with Gasteiger partial charge in [0.05, 0.1) is 18.4 Å². The Morgan fingerprint density at radius 1 is 1.25 bits per heavy atom. The van der Waals surface area contributed by atoms with Crippen molar-refractivity contribution in [2.45, 2.75) is 37.6 Å². The molecule has 1 atom stereocenters.